The van der Waals surface area contributed by atoms with Gasteiger partial charge in [0.15, 0.2) is 0 Å². The molecule has 2 heterocycles. The summed E-state index contributed by atoms with van der Waals surface area (Å²) < 4.78 is 0. The van der Waals surface area contributed by atoms with Crippen molar-refractivity contribution in [3.8, 4) is 6.07 Å². The van der Waals surface area contributed by atoms with E-state index in [-0.39, 0.29) is 11.2 Å². The highest BCUT2D eigenvalue weighted by Gasteiger charge is 2.21. The number of nitro groups is 1. The normalized spacial score (nSPS) is 14.7. The van der Waals surface area contributed by atoms with Crippen LogP contribution in [0, 0.1) is 21.4 Å². The Hall–Kier alpha value is -3.77. The van der Waals surface area contributed by atoms with Crippen molar-refractivity contribution >= 4 is 22.3 Å². The Balaban J connectivity index is 1.46. The molecule has 1 saturated heterocycles. The van der Waals surface area contributed by atoms with E-state index in [1.54, 1.807) is 12.1 Å². The zero-order valence-electron chi connectivity index (χ0n) is 15.5. The van der Waals surface area contributed by atoms with Gasteiger partial charge in [-0.05, 0) is 18.2 Å². The van der Waals surface area contributed by atoms with Gasteiger partial charge in [0, 0.05) is 38.3 Å². The minimum Gasteiger partial charge on any atom is -0.368 e. The lowest BCUT2D eigenvalue weighted by molar-refractivity contribution is -0.384. The number of nitrogens with one attached hydrogen (secondary N) is 1. The quantitative estimate of drug-likeness (QED) is 0.535. The number of para-hydroxylation sites is 1. The summed E-state index contributed by atoms with van der Waals surface area (Å²) in [4.78, 5) is 34.3. The van der Waals surface area contributed by atoms with Gasteiger partial charge in [-0.1, -0.05) is 12.1 Å². The fraction of sp³-hybridized carbons (Fsp3) is 0.250. The van der Waals surface area contributed by atoms with Gasteiger partial charge in [-0.3, -0.25) is 19.8 Å². The Morgan fingerprint density at radius 1 is 1.17 bits per heavy atom. The van der Waals surface area contributed by atoms with Crippen LogP contribution in [-0.4, -0.2) is 46.0 Å². The summed E-state index contributed by atoms with van der Waals surface area (Å²) in [6.45, 7) is 3.31. The van der Waals surface area contributed by atoms with E-state index < -0.39 is 4.92 Å². The van der Waals surface area contributed by atoms with Crippen LogP contribution in [0.5, 0.6) is 0 Å². The molecule has 9 heteroatoms. The van der Waals surface area contributed by atoms with Crippen LogP contribution < -0.4 is 10.5 Å². The van der Waals surface area contributed by atoms with E-state index in [9.17, 15) is 20.2 Å². The Morgan fingerprint density at radius 3 is 2.66 bits per heavy atom. The molecule has 4 rings (SSSR count). The van der Waals surface area contributed by atoms with Crippen molar-refractivity contribution in [2.45, 2.75) is 6.54 Å². The third-order valence-electron chi connectivity index (χ3n) is 5.06. The number of rotatable bonds is 4. The van der Waals surface area contributed by atoms with Crippen LogP contribution in [0.3, 0.4) is 0 Å². The topological polar surface area (TPSA) is 119 Å². The summed E-state index contributed by atoms with van der Waals surface area (Å²) in [5.74, 6) is 0.621. The molecular formula is C20H18N6O3. The Kier molecular flexibility index (Phi) is 4.93. The van der Waals surface area contributed by atoms with Gasteiger partial charge in [0.05, 0.1) is 33.6 Å². The van der Waals surface area contributed by atoms with Crippen LogP contribution in [0.1, 0.15) is 11.4 Å². The number of fused-ring (bicyclic) bond motifs is 1. The standard InChI is InChI=1S/C20H18N6O3/c21-12-14-11-15(26(28)29)5-6-18(14)25-9-7-24(8-10-25)13-19-22-17-4-2-1-3-16(17)20(27)23-19/h1-6,11H,7-10,13H2,(H,22,23,27). The Morgan fingerprint density at radius 2 is 1.93 bits per heavy atom. The number of anilines is 1. The minimum atomic E-state index is -0.500. The number of hydrogen-bond acceptors (Lipinski definition) is 7. The first-order valence-electron chi connectivity index (χ1n) is 9.19. The van der Waals surface area contributed by atoms with Crippen molar-refractivity contribution in [2.24, 2.45) is 0 Å². The lowest BCUT2D eigenvalue weighted by Crippen LogP contribution is -2.46. The average Bonchev–Trinajstić information content (AvgIpc) is 2.74. The number of aromatic amines is 1. The highest BCUT2D eigenvalue weighted by molar-refractivity contribution is 5.77. The molecule has 0 atom stereocenters. The zero-order chi connectivity index (χ0) is 20.4. The van der Waals surface area contributed by atoms with Crippen molar-refractivity contribution < 1.29 is 4.92 Å². The number of nitrogens with zero attached hydrogens (tertiary/aromatic N) is 5. The molecular weight excluding hydrogens is 372 g/mol. The summed E-state index contributed by atoms with van der Waals surface area (Å²) in [6.07, 6.45) is 0. The first-order chi connectivity index (χ1) is 14.0. The second-order valence-corrected chi connectivity index (χ2v) is 6.86. The van der Waals surface area contributed by atoms with Crippen LogP contribution in [-0.2, 0) is 6.54 Å². The molecule has 0 bridgehead atoms. The molecule has 3 aromatic rings. The van der Waals surface area contributed by atoms with Crippen molar-refractivity contribution in [1.82, 2.24) is 14.9 Å². The number of piperazine rings is 1. The molecule has 0 spiro atoms. The molecule has 0 amide bonds. The summed E-state index contributed by atoms with van der Waals surface area (Å²) in [5.41, 5.74) is 1.45. The van der Waals surface area contributed by atoms with Gasteiger partial charge in [0.2, 0.25) is 0 Å². The summed E-state index contributed by atoms with van der Waals surface area (Å²) >= 11 is 0. The molecule has 0 aliphatic carbocycles. The number of nitro benzene ring substituents is 1. The largest absolute Gasteiger partial charge is 0.368 e. The number of non-ortho nitro benzene ring substituents is 1. The van der Waals surface area contributed by atoms with Crippen LogP contribution >= 0.6 is 0 Å². The maximum atomic E-state index is 12.2. The maximum absolute atomic E-state index is 12.2. The lowest BCUT2D eigenvalue weighted by atomic mass is 10.1. The van der Waals surface area contributed by atoms with Gasteiger partial charge >= 0.3 is 0 Å². The fourth-order valence-corrected chi connectivity index (χ4v) is 3.57. The van der Waals surface area contributed by atoms with E-state index in [1.165, 1.54) is 12.1 Å². The average molecular weight is 390 g/mol. The van der Waals surface area contributed by atoms with Gasteiger partial charge in [0.25, 0.3) is 11.2 Å². The number of benzene rings is 2. The van der Waals surface area contributed by atoms with Crippen molar-refractivity contribution in [3.05, 3.63) is 74.3 Å². The number of nitriles is 1. The number of hydrogen-bond donors (Lipinski definition) is 1. The van der Waals surface area contributed by atoms with E-state index in [2.05, 4.69) is 25.8 Å². The maximum Gasteiger partial charge on any atom is 0.270 e. The Bertz CT molecular complexity index is 1170. The molecule has 2 aromatic carbocycles. The first kappa shape index (κ1) is 18.6. The zero-order valence-corrected chi connectivity index (χ0v) is 15.5. The molecule has 9 nitrogen and oxygen atoms in total. The lowest BCUT2D eigenvalue weighted by Gasteiger charge is -2.36. The van der Waals surface area contributed by atoms with Crippen LogP contribution in [0.4, 0.5) is 11.4 Å². The van der Waals surface area contributed by atoms with Gasteiger partial charge in [0.1, 0.15) is 11.9 Å². The molecule has 1 fully saturated rings. The highest BCUT2D eigenvalue weighted by Crippen LogP contribution is 2.26. The van der Waals surface area contributed by atoms with Gasteiger partial charge in [-0.15, -0.1) is 0 Å². The van der Waals surface area contributed by atoms with E-state index in [4.69, 9.17) is 0 Å². The molecule has 1 aliphatic heterocycles. The first-order valence-corrected chi connectivity index (χ1v) is 9.19. The molecule has 29 heavy (non-hydrogen) atoms. The SMILES string of the molecule is N#Cc1cc([N+](=O)[O-])ccc1N1CCN(Cc2nc3ccccc3c(=O)[nH]2)CC1. The second-order valence-electron chi connectivity index (χ2n) is 6.86. The summed E-state index contributed by atoms with van der Waals surface area (Å²) in [6, 6.07) is 13.7. The van der Waals surface area contributed by atoms with E-state index in [1.807, 2.05) is 18.2 Å². The van der Waals surface area contributed by atoms with Gasteiger partial charge in [-0.25, -0.2) is 4.98 Å². The Labute approximate surface area is 166 Å². The molecule has 1 aliphatic rings. The van der Waals surface area contributed by atoms with E-state index in [0.29, 0.717) is 47.6 Å². The van der Waals surface area contributed by atoms with Crippen molar-refractivity contribution in [3.63, 3.8) is 0 Å². The highest BCUT2D eigenvalue weighted by atomic mass is 16.6. The second kappa shape index (κ2) is 7.69. The number of H-pyrrole nitrogens is 1. The predicted octanol–water partition coefficient (Wildman–Crippen LogP) is 2.03. The third-order valence-corrected chi connectivity index (χ3v) is 5.06. The molecule has 1 aromatic heterocycles. The van der Waals surface area contributed by atoms with Crippen molar-refractivity contribution in [1.29, 1.82) is 5.26 Å². The van der Waals surface area contributed by atoms with Crippen LogP contribution in [0.15, 0.2) is 47.3 Å². The molecule has 146 valence electrons. The monoisotopic (exact) mass is 390 g/mol. The predicted molar refractivity (Wildman–Crippen MR) is 108 cm³/mol. The summed E-state index contributed by atoms with van der Waals surface area (Å²) in [5, 5.41) is 20.9. The third kappa shape index (κ3) is 3.79. The molecule has 1 N–H and O–H groups in total. The fourth-order valence-electron chi connectivity index (χ4n) is 3.57. The van der Waals surface area contributed by atoms with Gasteiger partial charge in [-0.2, -0.15) is 5.26 Å². The van der Waals surface area contributed by atoms with E-state index >= 15 is 0 Å². The van der Waals surface area contributed by atoms with Crippen LogP contribution in [0.25, 0.3) is 10.9 Å². The molecule has 0 saturated carbocycles. The van der Waals surface area contributed by atoms with Crippen molar-refractivity contribution in [2.75, 3.05) is 31.1 Å². The molecule has 0 unspecified atom stereocenters. The number of aromatic nitrogens is 2. The smallest absolute Gasteiger partial charge is 0.270 e. The van der Waals surface area contributed by atoms with Crippen LogP contribution in [0.2, 0.25) is 0 Å². The molecule has 0 radical (unpaired) electrons. The minimum absolute atomic E-state index is 0.0877. The summed E-state index contributed by atoms with van der Waals surface area (Å²) in [7, 11) is 0. The van der Waals surface area contributed by atoms with Gasteiger partial charge < -0.3 is 9.88 Å². The van der Waals surface area contributed by atoms with E-state index in [0.717, 1.165) is 13.1 Å².